The van der Waals surface area contributed by atoms with Gasteiger partial charge in [0, 0.05) is 120 Å². The Hall–Kier alpha value is -20.7. The van der Waals surface area contributed by atoms with Crippen molar-refractivity contribution in [3.63, 3.8) is 0 Å². The molecule has 0 bridgehead atoms. The van der Waals surface area contributed by atoms with Crippen LogP contribution >= 0.6 is 0 Å². The summed E-state index contributed by atoms with van der Waals surface area (Å²) in [4.78, 5) is 22.2. The molecular formula is C133H89N17. The molecule has 16 heterocycles. The number of para-hydroxylation sites is 6. The van der Waals surface area contributed by atoms with Crippen molar-refractivity contribution in [3.8, 4) is 146 Å². The normalized spacial score (nSPS) is 11.3. The molecule has 0 unspecified atom stereocenters. The fourth-order valence-corrected chi connectivity index (χ4v) is 19.9. The van der Waals surface area contributed by atoms with Crippen molar-refractivity contribution in [2.24, 2.45) is 0 Å². The summed E-state index contributed by atoms with van der Waals surface area (Å²) < 4.78 is 12.1. The molecule has 0 amide bonds. The molecule has 17 heteroatoms. The molecule has 0 radical (unpaired) electrons. The van der Waals surface area contributed by atoms with Gasteiger partial charge in [0.25, 0.3) is 0 Å². The van der Waals surface area contributed by atoms with Gasteiger partial charge in [0.05, 0.1) is 112 Å². The third-order valence-electron chi connectivity index (χ3n) is 27.5. The fraction of sp³-hybridized carbons (Fsp3) is 0. The van der Waals surface area contributed by atoms with Crippen LogP contribution in [0.3, 0.4) is 0 Å². The highest BCUT2D eigenvalue weighted by atomic mass is 15.3. The van der Waals surface area contributed by atoms with Gasteiger partial charge in [-0.25, -0.2) is 32.1 Å². The summed E-state index contributed by atoms with van der Waals surface area (Å²) in [5, 5.41) is 36.5. The number of rotatable bonds is 13. The zero-order valence-corrected chi connectivity index (χ0v) is 81.0. The predicted molar refractivity (Wildman–Crippen MR) is 609 cm³/mol. The molecule has 0 atom stereocenters. The molecule has 0 saturated heterocycles. The number of fused-ring (bicyclic) bond motifs is 18. The minimum absolute atomic E-state index is 0.813. The van der Waals surface area contributed by atoms with E-state index in [9.17, 15) is 0 Å². The van der Waals surface area contributed by atoms with Crippen LogP contribution in [-0.4, -0.2) is 82.6 Å². The van der Waals surface area contributed by atoms with Gasteiger partial charge < -0.3 is 0 Å². The van der Waals surface area contributed by atoms with Crippen molar-refractivity contribution in [3.05, 3.63) is 541 Å². The number of benzene rings is 14. The van der Waals surface area contributed by atoms with Gasteiger partial charge in [0.2, 0.25) is 0 Å². The molecule has 0 aliphatic rings. The largest absolute Gasteiger partial charge is 0.265 e. The Morgan fingerprint density at radius 2 is 0.407 bits per heavy atom. The van der Waals surface area contributed by atoms with Gasteiger partial charge in [0.15, 0.2) is 5.82 Å². The zero-order valence-electron chi connectivity index (χ0n) is 81.0. The number of pyridine rings is 9. The lowest BCUT2D eigenvalue weighted by atomic mass is 9.95. The van der Waals surface area contributed by atoms with Gasteiger partial charge in [0.1, 0.15) is 0 Å². The average molecular weight is 1930 g/mol. The van der Waals surface area contributed by atoms with Crippen molar-refractivity contribution in [1.82, 2.24) is 82.6 Å². The van der Waals surface area contributed by atoms with E-state index in [0.717, 1.165) is 195 Å². The monoisotopic (exact) mass is 1920 g/mol. The maximum absolute atomic E-state index is 5.03. The van der Waals surface area contributed by atoms with Gasteiger partial charge in [-0.1, -0.05) is 309 Å². The highest BCUT2D eigenvalue weighted by Crippen LogP contribution is 2.40. The van der Waals surface area contributed by atoms with E-state index in [1.165, 1.54) is 49.2 Å². The smallest absolute Gasteiger partial charge is 0.161 e. The first-order valence-electron chi connectivity index (χ1n) is 49.9. The Balaban J connectivity index is 0.0000000953. The fourth-order valence-electron chi connectivity index (χ4n) is 19.9. The number of nitrogens with zero attached hydrogens (tertiary/aromatic N) is 17. The molecule has 16 aromatic heterocycles. The molecule has 0 saturated carbocycles. The van der Waals surface area contributed by atoms with Crippen LogP contribution in [0.15, 0.2) is 541 Å². The molecule has 0 aliphatic heterocycles. The lowest BCUT2D eigenvalue weighted by Gasteiger charge is -2.10. The summed E-state index contributed by atoms with van der Waals surface area (Å²) in [5.74, 6) is 0.813. The van der Waals surface area contributed by atoms with Gasteiger partial charge in [-0.3, -0.25) is 19.9 Å². The first-order chi connectivity index (χ1) is 74.3. The minimum Gasteiger partial charge on any atom is -0.265 e. The topological polar surface area (TPSA) is 168 Å². The zero-order chi connectivity index (χ0) is 99.6. The molecule has 30 aromatic rings. The molecular weight excluding hydrogens is 1840 g/mol. The Kier molecular flexibility index (Phi) is 23.6. The van der Waals surface area contributed by atoms with E-state index in [1.807, 2.05) is 173 Å². The summed E-state index contributed by atoms with van der Waals surface area (Å²) in [7, 11) is 0. The molecule has 150 heavy (non-hydrogen) atoms. The second-order valence-corrected chi connectivity index (χ2v) is 36.9. The van der Waals surface area contributed by atoms with Gasteiger partial charge in [-0.2, -0.15) is 30.6 Å². The Morgan fingerprint density at radius 3 is 0.787 bits per heavy atom. The number of hydrogen-bond donors (Lipinski definition) is 0. The van der Waals surface area contributed by atoms with Crippen LogP contribution in [0.4, 0.5) is 0 Å². The van der Waals surface area contributed by atoms with Crippen LogP contribution in [0.5, 0.6) is 0 Å². The molecule has 17 nitrogen and oxygen atoms in total. The Bertz CT molecular complexity index is 9850. The van der Waals surface area contributed by atoms with Crippen molar-refractivity contribution in [1.29, 1.82) is 0 Å². The third-order valence-corrected chi connectivity index (χ3v) is 27.5. The van der Waals surface area contributed by atoms with E-state index < -0.39 is 0 Å². The summed E-state index contributed by atoms with van der Waals surface area (Å²) >= 11 is 0. The summed E-state index contributed by atoms with van der Waals surface area (Å²) in [5.41, 5.74) is 39.7. The summed E-state index contributed by atoms with van der Waals surface area (Å²) in [6, 6.07) is 174. The van der Waals surface area contributed by atoms with Gasteiger partial charge in [-0.15, -0.1) is 0 Å². The van der Waals surface area contributed by atoms with Crippen LogP contribution < -0.4 is 0 Å². The number of hydrogen-bond acceptors (Lipinski definition) is 11. The van der Waals surface area contributed by atoms with E-state index >= 15 is 0 Å². The third kappa shape index (κ3) is 18.0. The van der Waals surface area contributed by atoms with E-state index in [2.05, 4.69) is 414 Å². The van der Waals surface area contributed by atoms with Gasteiger partial charge in [-0.05, 0) is 239 Å². The van der Waals surface area contributed by atoms with Gasteiger partial charge >= 0.3 is 0 Å². The molecule has 14 aromatic carbocycles. The van der Waals surface area contributed by atoms with E-state index in [4.69, 9.17) is 35.6 Å². The highest BCUT2D eigenvalue weighted by Gasteiger charge is 2.21. The average Bonchev–Trinajstić information content (AvgIpc) is 1.57. The van der Waals surface area contributed by atoms with E-state index in [-0.39, 0.29) is 0 Å². The maximum Gasteiger partial charge on any atom is 0.161 e. The van der Waals surface area contributed by atoms with Crippen LogP contribution in [0.2, 0.25) is 0 Å². The van der Waals surface area contributed by atoms with Crippen LogP contribution in [-0.2, 0) is 0 Å². The standard InChI is InChI=1S/C33H21N5.C29H20N2.C27H18N4.2C22H15N3/c1-2-8-22(9-3-1)30-21-32-27-11-5-6-12-28(27)34-33(38(32)36-30)25-16-14-23(15-17-25)29-20-26-19-18-24-10-4-7-13-31(24)37(26)35-29;1-3-9-21(10-4-1)24-17-25(22-11-5-2-6-12-22)19-26(18-24)28-20-27-16-15-23-13-7-8-14-29(23)31(27)30-28;1-2-4-27-21(3-1)5-6-25-18-26(30-31(25)27)24-16-22(19-7-11-28-12-8-19)15-23(17-24)20-9-13-29-14-10-20;1-2-10-22-16(6-1)11-12-19-15-21(24-25(19)22)18-8-5-7-17(14-18)20-9-3-4-13-23-20;1-2-7-22-18(5-1)12-13-19-15-21(24-25(19)22)17-10-8-16(9-11-17)20-6-3-4-14-23-20/h1-21H;1-20H;1-18H;2*1-15H. The van der Waals surface area contributed by atoms with Crippen LogP contribution in [0.25, 0.3) is 244 Å². The molecule has 30 rings (SSSR count). The second-order valence-electron chi connectivity index (χ2n) is 36.9. The van der Waals surface area contributed by atoms with Crippen molar-refractivity contribution >= 4 is 98.5 Å². The SMILES string of the molecule is c1ccc(-c2cc(-c3ccccc3)cc(-c3cc4ccc5ccccc5n4n3)c2)cc1.c1ccc(-c2cc3c4ccccc4nc(-c4ccc(-c5cc6ccc7ccccc7n6n5)cc4)n3n2)cc1.c1ccc(-c2ccc(-c3cc4ccc5ccccc5n4n3)cc2)nc1.c1ccc(-c2cccc(-c3cc4ccc5ccccc5n4n3)c2)nc1.c1ccc2c(c1)ccc1cc(-c3cc(-c4ccncc4)cc(-c4ccncc4)c3)nn12. The predicted octanol–water partition coefficient (Wildman–Crippen LogP) is 31.9. The Morgan fingerprint density at radius 1 is 0.140 bits per heavy atom. The van der Waals surface area contributed by atoms with Crippen LogP contribution in [0, 0.1) is 0 Å². The quantitative estimate of drug-likeness (QED) is 0.108. The van der Waals surface area contributed by atoms with E-state index in [1.54, 1.807) is 0 Å². The lowest BCUT2D eigenvalue weighted by Crippen LogP contribution is -1.99. The highest BCUT2D eigenvalue weighted by molar-refractivity contribution is 5.98. The molecule has 0 N–H and O–H groups in total. The first kappa shape index (κ1) is 89.4. The van der Waals surface area contributed by atoms with Crippen molar-refractivity contribution in [2.75, 3.05) is 0 Å². The maximum atomic E-state index is 5.03. The molecule has 0 fully saturated rings. The minimum atomic E-state index is 0.813. The molecule has 0 aliphatic carbocycles. The molecule has 706 valence electrons. The first-order valence-corrected chi connectivity index (χ1v) is 49.9. The Labute approximate surface area is 861 Å². The second kappa shape index (κ2) is 39.5. The van der Waals surface area contributed by atoms with Crippen LogP contribution in [0.1, 0.15) is 0 Å². The van der Waals surface area contributed by atoms with Crippen molar-refractivity contribution in [2.45, 2.75) is 0 Å². The van der Waals surface area contributed by atoms with E-state index in [0.29, 0.717) is 0 Å². The summed E-state index contributed by atoms with van der Waals surface area (Å²) in [6.45, 7) is 0. The van der Waals surface area contributed by atoms with Crippen molar-refractivity contribution < 1.29 is 0 Å². The lowest BCUT2D eigenvalue weighted by molar-refractivity contribution is 0.949. The molecule has 0 spiro atoms. The summed E-state index contributed by atoms with van der Waals surface area (Å²) in [6.07, 6.45) is 10.9. The number of aromatic nitrogens is 17.